The molecule has 2 bridgehead atoms. The third-order valence-electron chi connectivity index (χ3n) is 6.03. The molecule has 0 spiro atoms. The first-order valence-corrected chi connectivity index (χ1v) is 11.3. The molecular formula is C25H27ClN2O5. The van der Waals surface area contributed by atoms with Crippen molar-refractivity contribution in [1.82, 2.24) is 10.2 Å². The molecule has 2 atom stereocenters. The molecule has 2 aliphatic rings. The molecule has 8 heteroatoms. The molecule has 2 aromatic rings. The fraction of sp³-hybridized carbons (Fsp3) is 0.360. The molecule has 4 rings (SSSR count). The molecular weight excluding hydrogens is 444 g/mol. The number of benzene rings is 2. The molecule has 1 fully saturated rings. The van der Waals surface area contributed by atoms with E-state index in [-0.39, 0.29) is 18.0 Å². The van der Waals surface area contributed by atoms with Gasteiger partial charge in [0.1, 0.15) is 24.7 Å². The lowest BCUT2D eigenvalue weighted by atomic mass is 9.83. The van der Waals surface area contributed by atoms with Crippen molar-refractivity contribution in [3.63, 3.8) is 0 Å². The fourth-order valence-corrected chi connectivity index (χ4v) is 4.69. The van der Waals surface area contributed by atoms with Crippen molar-refractivity contribution in [2.75, 3.05) is 26.3 Å². The van der Waals surface area contributed by atoms with E-state index in [9.17, 15) is 14.7 Å². The smallest absolute Gasteiger partial charge is 0.333 e. The summed E-state index contributed by atoms with van der Waals surface area (Å²) in [6, 6.07) is 12.6. The van der Waals surface area contributed by atoms with Gasteiger partial charge in [-0.1, -0.05) is 23.7 Å². The summed E-state index contributed by atoms with van der Waals surface area (Å²) in [6.07, 6.45) is 0.552. The number of fused-ring (bicyclic) bond motifs is 2. The van der Waals surface area contributed by atoms with Crippen LogP contribution in [0, 0.1) is 6.92 Å². The largest absolute Gasteiger partial charge is 0.490 e. The molecule has 33 heavy (non-hydrogen) atoms. The molecule has 1 saturated heterocycles. The number of carbonyl (C=O) groups excluding carboxylic acids is 1. The number of halogens is 1. The lowest BCUT2D eigenvalue weighted by Gasteiger charge is -2.43. The van der Waals surface area contributed by atoms with Crippen LogP contribution in [-0.2, 0) is 9.59 Å². The number of ether oxygens (including phenoxy) is 2. The Hall–Kier alpha value is -3.03. The molecule has 0 aromatic heterocycles. The van der Waals surface area contributed by atoms with E-state index in [2.05, 4.69) is 5.32 Å². The van der Waals surface area contributed by atoms with Gasteiger partial charge in [-0.05, 0) is 60.4 Å². The van der Waals surface area contributed by atoms with Crippen LogP contribution in [0.1, 0.15) is 24.5 Å². The minimum atomic E-state index is -0.957. The minimum absolute atomic E-state index is 0.0311. The Bertz CT molecular complexity index is 1080. The Morgan fingerprint density at radius 1 is 1.12 bits per heavy atom. The van der Waals surface area contributed by atoms with Crippen LogP contribution in [0.25, 0.3) is 5.57 Å². The van der Waals surface area contributed by atoms with Crippen LogP contribution in [0.15, 0.2) is 48.0 Å². The van der Waals surface area contributed by atoms with Crippen molar-refractivity contribution in [3.05, 3.63) is 64.2 Å². The van der Waals surface area contributed by atoms with E-state index in [1.54, 1.807) is 11.0 Å². The van der Waals surface area contributed by atoms with Gasteiger partial charge in [0.15, 0.2) is 0 Å². The molecule has 1 amide bonds. The van der Waals surface area contributed by atoms with E-state index in [1.165, 1.54) is 6.92 Å². The molecule has 0 saturated carbocycles. The first kappa shape index (κ1) is 23.1. The second-order valence-electron chi connectivity index (χ2n) is 8.37. The molecule has 2 heterocycles. The molecule has 1 unspecified atom stereocenters. The van der Waals surface area contributed by atoms with Crippen molar-refractivity contribution in [2.24, 2.45) is 0 Å². The number of hydrogen-bond acceptors (Lipinski definition) is 5. The number of nitrogens with zero attached hydrogens (tertiary/aromatic N) is 1. The standard InChI is InChI=1S/C25H27ClN2O5/c1-15-11-18(26)5-8-23(15)33-10-9-32-20-6-3-17(4-7-20)21-12-19-13-28(16(2)29)14-22(27-19)24(21)25(30)31/h3-8,11,19,22,27H,9-10,12-14H2,1-2H3,(H,30,31)/t19?,22-/m1/s1. The Labute approximate surface area is 197 Å². The number of carboxylic acids is 1. The SMILES string of the molecule is CC(=O)N1CC2CC(c3ccc(OCCOc4ccc(Cl)cc4C)cc3)=C(C(=O)O)[C@@H](C1)N2. The number of nitrogens with one attached hydrogen (secondary N) is 1. The first-order valence-electron chi connectivity index (χ1n) is 10.9. The maximum Gasteiger partial charge on any atom is 0.333 e. The lowest BCUT2D eigenvalue weighted by Crippen LogP contribution is -2.61. The van der Waals surface area contributed by atoms with Crippen LogP contribution >= 0.6 is 11.6 Å². The first-order chi connectivity index (χ1) is 15.8. The Kier molecular flexibility index (Phi) is 6.91. The predicted octanol–water partition coefficient (Wildman–Crippen LogP) is 3.54. The van der Waals surface area contributed by atoms with Gasteiger partial charge in [0.2, 0.25) is 5.91 Å². The van der Waals surface area contributed by atoms with Crippen molar-refractivity contribution in [2.45, 2.75) is 32.4 Å². The van der Waals surface area contributed by atoms with E-state index in [0.717, 1.165) is 22.4 Å². The molecule has 174 valence electrons. The maximum absolute atomic E-state index is 12.1. The van der Waals surface area contributed by atoms with E-state index in [0.29, 0.717) is 49.1 Å². The van der Waals surface area contributed by atoms with Crippen molar-refractivity contribution in [1.29, 1.82) is 0 Å². The number of amides is 1. The van der Waals surface area contributed by atoms with Gasteiger partial charge in [-0.3, -0.25) is 4.79 Å². The zero-order chi connectivity index (χ0) is 23.5. The normalized spacial score (nSPS) is 19.9. The quantitative estimate of drug-likeness (QED) is 0.602. The summed E-state index contributed by atoms with van der Waals surface area (Å²) in [6.45, 7) is 5.17. The van der Waals surface area contributed by atoms with Gasteiger partial charge < -0.3 is 24.8 Å². The monoisotopic (exact) mass is 470 g/mol. The van der Waals surface area contributed by atoms with E-state index >= 15 is 0 Å². The average molecular weight is 471 g/mol. The number of carboxylic acid groups (broad SMARTS) is 1. The third kappa shape index (κ3) is 5.31. The maximum atomic E-state index is 12.1. The third-order valence-corrected chi connectivity index (χ3v) is 6.26. The van der Waals surface area contributed by atoms with Crippen LogP contribution in [0.3, 0.4) is 0 Å². The van der Waals surface area contributed by atoms with Gasteiger partial charge in [-0.15, -0.1) is 0 Å². The Morgan fingerprint density at radius 2 is 1.85 bits per heavy atom. The highest BCUT2D eigenvalue weighted by Gasteiger charge is 2.39. The highest BCUT2D eigenvalue weighted by molar-refractivity contribution is 6.30. The summed E-state index contributed by atoms with van der Waals surface area (Å²) in [5.41, 5.74) is 2.97. The second-order valence-corrected chi connectivity index (χ2v) is 8.81. The van der Waals surface area contributed by atoms with Gasteiger partial charge in [-0.25, -0.2) is 4.79 Å². The van der Waals surface area contributed by atoms with Crippen molar-refractivity contribution >= 4 is 29.1 Å². The van der Waals surface area contributed by atoms with Crippen LogP contribution in [0.4, 0.5) is 0 Å². The Morgan fingerprint density at radius 3 is 2.52 bits per heavy atom. The second kappa shape index (κ2) is 9.85. The highest BCUT2D eigenvalue weighted by atomic mass is 35.5. The van der Waals surface area contributed by atoms with Gasteiger partial charge in [0.05, 0.1) is 11.6 Å². The van der Waals surface area contributed by atoms with Crippen LogP contribution in [-0.4, -0.2) is 60.3 Å². The van der Waals surface area contributed by atoms with Gasteiger partial charge >= 0.3 is 5.97 Å². The fourth-order valence-electron chi connectivity index (χ4n) is 4.46. The highest BCUT2D eigenvalue weighted by Crippen LogP contribution is 2.34. The van der Waals surface area contributed by atoms with Gasteiger partial charge in [-0.2, -0.15) is 0 Å². The summed E-state index contributed by atoms with van der Waals surface area (Å²) in [7, 11) is 0. The number of aliphatic carboxylic acids is 1. The zero-order valence-corrected chi connectivity index (χ0v) is 19.4. The van der Waals surface area contributed by atoms with E-state index < -0.39 is 5.97 Å². The molecule has 0 aliphatic carbocycles. The van der Waals surface area contributed by atoms with Crippen molar-refractivity contribution in [3.8, 4) is 11.5 Å². The topological polar surface area (TPSA) is 88.1 Å². The van der Waals surface area contributed by atoms with E-state index in [1.807, 2.05) is 43.3 Å². The number of piperazine rings is 1. The van der Waals surface area contributed by atoms with Gasteiger partial charge in [0.25, 0.3) is 0 Å². The summed E-state index contributed by atoms with van der Waals surface area (Å²) >= 11 is 5.96. The van der Waals surface area contributed by atoms with Crippen LogP contribution in [0.2, 0.25) is 5.02 Å². The molecule has 2 aliphatic heterocycles. The number of rotatable bonds is 7. The van der Waals surface area contributed by atoms with Gasteiger partial charge in [0, 0.05) is 31.1 Å². The molecule has 2 aromatic carbocycles. The van der Waals surface area contributed by atoms with Crippen LogP contribution < -0.4 is 14.8 Å². The minimum Gasteiger partial charge on any atom is -0.490 e. The predicted molar refractivity (Wildman–Crippen MR) is 126 cm³/mol. The number of aryl methyl sites for hydroxylation is 1. The summed E-state index contributed by atoms with van der Waals surface area (Å²) in [5.74, 6) is 0.466. The summed E-state index contributed by atoms with van der Waals surface area (Å²) in [4.78, 5) is 25.6. The van der Waals surface area contributed by atoms with Crippen LogP contribution in [0.5, 0.6) is 11.5 Å². The molecule has 2 N–H and O–H groups in total. The average Bonchev–Trinajstić information content (AvgIpc) is 2.77. The lowest BCUT2D eigenvalue weighted by molar-refractivity contribution is -0.135. The summed E-state index contributed by atoms with van der Waals surface area (Å²) < 4.78 is 11.5. The van der Waals surface area contributed by atoms with Crippen molar-refractivity contribution < 1.29 is 24.2 Å². The zero-order valence-electron chi connectivity index (χ0n) is 18.6. The Balaban J connectivity index is 1.41. The number of hydrogen-bond donors (Lipinski definition) is 2. The molecule has 7 nitrogen and oxygen atoms in total. The number of carbonyl (C=O) groups is 2. The van der Waals surface area contributed by atoms with E-state index in [4.69, 9.17) is 21.1 Å². The molecule has 0 radical (unpaired) electrons. The summed E-state index contributed by atoms with van der Waals surface area (Å²) in [5, 5.41) is 13.9.